The van der Waals surface area contributed by atoms with Crippen molar-refractivity contribution in [3.63, 3.8) is 0 Å². The van der Waals surface area contributed by atoms with Gasteiger partial charge in [-0.3, -0.25) is 4.90 Å². The maximum absolute atomic E-state index is 12.9. The highest BCUT2D eigenvalue weighted by atomic mass is 16.6. The number of esters is 1. The van der Waals surface area contributed by atoms with Crippen LogP contribution in [0.1, 0.15) is 36.7 Å². The molecule has 2 rings (SSSR count). The monoisotopic (exact) mass is 385 g/mol. The number of ether oxygens (including phenoxy) is 3. The van der Waals surface area contributed by atoms with E-state index in [-0.39, 0.29) is 18.6 Å². The van der Waals surface area contributed by atoms with Gasteiger partial charge in [-0.15, -0.1) is 0 Å². The highest BCUT2D eigenvalue weighted by Gasteiger charge is 2.22. The van der Waals surface area contributed by atoms with Crippen LogP contribution < -0.4 is 9.64 Å². The number of methoxy groups -OCH3 is 2. The van der Waals surface area contributed by atoms with Crippen LogP contribution in [0.15, 0.2) is 48.5 Å². The van der Waals surface area contributed by atoms with E-state index in [1.54, 1.807) is 49.6 Å². The zero-order valence-corrected chi connectivity index (χ0v) is 17.0. The first kappa shape index (κ1) is 21.3. The quantitative estimate of drug-likeness (QED) is 0.648. The summed E-state index contributed by atoms with van der Waals surface area (Å²) in [5.41, 5.74) is 1.89. The second-order valence-electron chi connectivity index (χ2n) is 6.81. The van der Waals surface area contributed by atoms with E-state index < -0.39 is 12.1 Å². The number of amides is 1. The number of carbonyl (C=O) groups excluding carboxylic acids is 2. The molecule has 2 aromatic carbocycles. The predicted octanol–water partition coefficient (Wildman–Crippen LogP) is 4.67. The molecule has 1 atom stereocenters. The maximum atomic E-state index is 12.9. The largest absolute Gasteiger partial charge is 0.497 e. The zero-order valence-electron chi connectivity index (χ0n) is 17.0. The first-order valence-corrected chi connectivity index (χ1v) is 9.15. The zero-order chi connectivity index (χ0) is 20.7. The van der Waals surface area contributed by atoms with Crippen molar-refractivity contribution in [2.45, 2.75) is 33.4 Å². The molecule has 0 fully saturated rings. The number of rotatable bonds is 7. The van der Waals surface area contributed by atoms with Gasteiger partial charge in [0.2, 0.25) is 0 Å². The summed E-state index contributed by atoms with van der Waals surface area (Å²) in [5.74, 6) is 0.471. The van der Waals surface area contributed by atoms with Gasteiger partial charge in [-0.1, -0.05) is 26.0 Å². The summed E-state index contributed by atoms with van der Waals surface area (Å²) in [6, 6.07) is 14.2. The van der Waals surface area contributed by atoms with E-state index in [4.69, 9.17) is 14.2 Å². The second-order valence-corrected chi connectivity index (χ2v) is 6.81. The van der Waals surface area contributed by atoms with Gasteiger partial charge in [-0.05, 0) is 54.8 Å². The molecule has 0 unspecified atom stereocenters. The Morgan fingerprint density at radius 2 is 1.68 bits per heavy atom. The van der Waals surface area contributed by atoms with Crippen molar-refractivity contribution in [3.05, 3.63) is 59.7 Å². The summed E-state index contributed by atoms with van der Waals surface area (Å²) in [6.45, 7) is 6.11. The van der Waals surface area contributed by atoms with Gasteiger partial charge >= 0.3 is 12.1 Å². The van der Waals surface area contributed by atoms with Crippen LogP contribution >= 0.6 is 0 Å². The lowest BCUT2D eigenvalue weighted by molar-refractivity contribution is 0.0600. The molecule has 150 valence electrons. The number of hydrogen-bond acceptors (Lipinski definition) is 5. The van der Waals surface area contributed by atoms with Gasteiger partial charge in [0.25, 0.3) is 0 Å². The Morgan fingerprint density at radius 3 is 2.25 bits per heavy atom. The Kier molecular flexibility index (Phi) is 7.44. The summed E-state index contributed by atoms with van der Waals surface area (Å²) in [7, 11) is 2.92. The van der Waals surface area contributed by atoms with E-state index in [0.717, 1.165) is 5.56 Å². The average Bonchev–Trinajstić information content (AvgIpc) is 2.71. The first-order chi connectivity index (χ1) is 13.3. The minimum Gasteiger partial charge on any atom is -0.497 e. The number of nitrogens with zero attached hydrogens (tertiary/aromatic N) is 1. The molecule has 6 nitrogen and oxygen atoms in total. The second kappa shape index (κ2) is 9.78. The van der Waals surface area contributed by atoms with Crippen LogP contribution in [0.2, 0.25) is 0 Å². The summed E-state index contributed by atoms with van der Waals surface area (Å²) in [6.07, 6.45) is -0.676. The Hall–Kier alpha value is -3.02. The van der Waals surface area contributed by atoms with E-state index in [2.05, 4.69) is 0 Å². The summed E-state index contributed by atoms with van der Waals surface area (Å²) < 4.78 is 15.6. The van der Waals surface area contributed by atoms with Gasteiger partial charge in [0, 0.05) is 5.69 Å². The fourth-order valence-corrected chi connectivity index (χ4v) is 2.48. The van der Waals surface area contributed by atoms with Crippen LogP contribution in [-0.2, 0) is 16.0 Å². The first-order valence-electron chi connectivity index (χ1n) is 9.15. The molecule has 0 saturated heterocycles. The molecular formula is C22H27NO5. The van der Waals surface area contributed by atoms with Gasteiger partial charge < -0.3 is 14.2 Å². The molecule has 0 heterocycles. The highest BCUT2D eigenvalue weighted by molar-refractivity contribution is 5.90. The molecule has 1 amide bonds. The Labute approximate surface area is 166 Å². The summed E-state index contributed by atoms with van der Waals surface area (Å²) in [4.78, 5) is 26.2. The van der Waals surface area contributed by atoms with Crippen LogP contribution in [0, 0.1) is 5.92 Å². The third-order valence-corrected chi connectivity index (χ3v) is 4.52. The topological polar surface area (TPSA) is 65.1 Å². The van der Waals surface area contributed by atoms with Gasteiger partial charge in [-0.2, -0.15) is 0 Å². The molecule has 0 aliphatic rings. The Balaban J connectivity index is 2.32. The number of benzene rings is 2. The van der Waals surface area contributed by atoms with Crippen molar-refractivity contribution in [2.24, 2.45) is 5.92 Å². The molecule has 0 saturated carbocycles. The van der Waals surface area contributed by atoms with Crippen molar-refractivity contribution >= 4 is 17.7 Å². The van der Waals surface area contributed by atoms with Crippen LogP contribution in [0.3, 0.4) is 0 Å². The lowest BCUT2D eigenvalue weighted by atomic mass is 10.1. The minimum absolute atomic E-state index is 0.198. The third kappa shape index (κ3) is 5.49. The highest BCUT2D eigenvalue weighted by Crippen LogP contribution is 2.23. The van der Waals surface area contributed by atoms with Crippen molar-refractivity contribution in [1.82, 2.24) is 0 Å². The smallest absolute Gasteiger partial charge is 0.414 e. The Morgan fingerprint density at radius 1 is 1.00 bits per heavy atom. The van der Waals surface area contributed by atoms with Gasteiger partial charge in [-0.25, -0.2) is 9.59 Å². The fourth-order valence-electron chi connectivity index (χ4n) is 2.48. The fraction of sp³-hybridized carbons (Fsp3) is 0.364. The van der Waals surface area contributed by atoms with E-state index in [1.807, 2.05) is 26.8 Å². The maximum Gasteiger partial charge on any atom is 0.414 e. The molecule has 2 aromatic rings. The Bertz CT molecular complexity index is 801. The predicted molar refractivity (Wildman–Crippen MR) is 108 cm³/mol. The number of hydrogen-bond donors (Lipinski definition) is 0. The lowest BCUT2D eigenvalue weighted by Gasteiger charge is -2.26. The van der Waals surface area contributed by atoms with E-state index in [9.17, 15) is 9.59 Å². The molecule has 0 N–H and O–H groups in total. The van der Waals surface area contributed by atoms with Crippen LogP contribution in [0.4, 0.5) is 10.5 Å². The van der Waals surface area contributed by atoms with Crippen LogP contribution in [0.5, 0.6) is 5.75 Å². The van der Waals surface area contributed by atoms with Crippen LogP contribution in [0.25, 0.3) is 0 Å². The molecule has 0 aliphatic carbocycles. The third-order valence-electron chi connectivity index (χ3n) is 4.52. The molecular weight excluding hydrogens is 358 g/mol. The number of anilines is 1. The summed E-state index contributed by atoms with van der Waals surface area (Å²) in [5, 5.41) is 0. The van der Waals surface area contributed by atoms with E-state index in [1.165, 1.54) is 12.0 Å². The molecule has 0 aromatic heterocycles. The molecule has 28 heavy (non-hydrogen) atoms. The average molecular weight is 385 g/mol. The van der Waals surface area contributed by atoms with Crippen molar-refractivity contribution in [3.8, 4) is 5.75 Å². The molecule has 0 spiro atoms. The van der Waals surface area contributed by atoms with Crippen molar-refractivity contribution in [2.75, 3.05) is 19.1 Å². The molecule has 0 bridgehead atoms. The van der Waals surface area contributed by atoms with Crippen molar-refractivity contribution < 1.29 is 23.8 Å². The molecule has 6 heteroatoms. The van der Waals surface area contributed by atoms with Gasteiger partial charge in [0.05, 0.1) is 26.3 Å². The van der Waals surface area contributed by atoms with Crippen molar-refractivity contribution in [1.29, 1.82) is 0 Å². The van der Waals surface area contributed by atoms with Gasteiger partial charge in [0.1, 0.15) is 11.9 Å². The van der Waals surface area contributed by atoms with E-state index >= 15 is 0 Å². The summed E-state index contributed by atoms with van der Waals surface area (Å²) >= 11 is 0. The lowest BCUT2D eigenvalue weighted by Crippen LogP contribution is -2.34. The molecule has 0 radical (unpaired) electrons. The minimum atomic E-state index is -0.449. The number of carbonyl (C=O) groups is 2. The molecule has 0 aliphatic heterocycles. The SMILES string of the molecule is COC(=O)c1cccc(CN(C(=O)O[C@@H](C)C(C)C)c2ccc(OC)cc2)c1. The normalized spacial score (nSPS) is 11.6. The van der Waals surface area contributed by atoms with Gasteiger partial charge in [0.15, 0.2) is 0 Å². The standard InChI is InChI=1S/C22H27NO5/c1-15(2)16(3)28-22(25)23(19-9-11-20(26-4)12-10-19)14-17-7-6-8-18(13-17)21(24)27-5/h6-13,15-16H,14H2,1-5H3/t16-/m0/s1. The van der Waals surface area contributed by atoms with E-state index in [0.29, 0.717) is 17.0 Å². The van der Waals surface area contributed by atoms with Crippen LogP contribution in [-0.4, -0.2) is 32.4 Å².